The van der Waals surface area contributed by atoms with Gasteiger partial charge < -0.3 is 4.90 Å². The van der Waals surface area contributed by atoms with Crippen LogP contribution in [-0.2, 0) is 6.42 Å². The van der Waals surface area contributed by atoms with Gasteiger partial charge in [0.1, 0.15) is 0 Å². The highest BCUT2D eigenvalue weighted by Crippen LogP contribution is 2.15. The predicted octanol–water partition coefficient (Wildman–Crippen LogP) is 6.09. The largest absolute Gasteiger partial charge is 0.371 e. The molecule has 3 aromatic carbocycles. The molecule has 3 rings (SSSR count). The lowest BCUT2D eigenvalue weighted by molar-refractivity contribution is 1.03. The zero-order valence-corrected chi connectivity index (χ0v) is 15.3. The smallest absolute Gasteiger partial charge is 0.0366 e. The molecular formula is C25H25N. The Kier molecular flexibility index (Phi) is 6.44. The van der Waals surface area contributed by atoms with Crippen LogP contribution in [0, 0.1) is 0 Å². The zero-order valence-electron chi connectivity index (χ0n) is 15.3. The summed E-state index contributed by atoms with van der Waals surface area (Å²) in [5, 5.41) is 0. The van der Waals surface area contributed by atoms with Crippen molar-refractivity contribution in [2.75, 3.05) is 18.5 Å². The molecule has 130 valence electrons. The minimum absolute atomic E-state index is 0.891. The van der Waals surface area contributed by atoms with E-state index in [0.29, 0.717) is 0 Å². The summed E-state index contributed by atoms with van der Waals surface area (Å²) in [6.07, 6.45) is 9.71. The third-order valence-corrected chi connectivity index (χ3v) is 4.33. The van der Waals surface area contributed by atoms with Crippen LogP contribution in [0.5, 0.6) is 0 Å². The van der Waals surface area contributed by atoms with Gasteiger partial charge in [-0.15, -0.1) is 0 Å². The quantitative estimate of drug-likeness (QED) is 0.503. The minimum Gasteiger partial charge on any atom is -0.371 e. The van der Waals surface area contributed by atoms with E-state index in [2.05, 4.69) is 109 Å². The second-order valence-corrected chi connectivity index (χ2v) is 6.38. The van der Waals surface area contributed by atoms with E-state index in [1.54, 1.807) is 0 Å². The van der Waals surface area contributed by atoms with Gasteiger partial charge >= 0.3 is 0 Å². The van der Waals surface area contributed by atoms with E-state index in [1.165, 1.54) is 22.4 Å². The van der Waals surface area contributed by atoms with Crippen LogP contribution in [0.2, 0.25) is 0 Å². The fourth-order valence-corrected chi connectivity index (χ4v) is 2.80. The van der Waals surface area contributed by atoms with Crippen LogP contribution in [0.3, 0.4) is 0 Å². The maximum Gasteiger partial charge on any atom is 0.0366 e. The minimum atomic E-state index is 0.891. The second-order valence-electron chi connectivity index (χ2n) is 6.38. The number of rotatable bonds is 7. The van der Waals surface area contributed by atoms with E-state index in [1.807, 2.05) is 12.1 Å². The first-order chi connectivity index (χ1) is 12.8. The van der Waals surface area contributed by atoms with Crippen molar-refractivity contribution >= 4 is 17.8 Å². The van der Waals surface area contributed by atoms with Crippen LogP contribution in [-0.4, -0.2) is 13.6 Å². The van der Waals surface area contributed by atoms with E-state index in [9.17, 15) is 0 Å². The first kappa shape index (κ1) is 17.8. The molecule has 0 saturated heterocycles. The van der Waals surface area contributed by atoms with Gasteiger partial charge in [-0.2, -0.15) is 0 Å². The van der Waals surface area contributed by atoms with Crippen molar-refractivity contribution < 1.29 is 0 Å². The van der Waals surface area contributed by atoms with Crippen LogP contribution in [0.25, 0.3) is 12.2 Å². The topological polar surface area (TPSA) is 3.24 Å². The number of benzene rings is 3. The van der Waals surface area contributed by atoms with E-state index in [4.69, 9.17) is 0 Å². The highest BCUT2D eigenvalue weighted by molar-refractivity contribution is 5.53. The number of anilines is 1. The fourth-order valence-electron chi connectivity index (χ4n) is 2.80. The molecule has 1 nitrogen and oxygen atoms in total. The average molecular weight is 339 g/mol. The van der Waals surface area contributed by atoms with Crippen molar-refractivity contribution in [3.8, 4) is 0 Å². The average Bonchev–Trinajstić information content (AvgIpc) is 2.70. The lowest BCUT2D eigenvalue weighted by Gasteiger charge is -2.17. The first-order valence-electron chi connectivity index (χ1n) is 9.04. The molecule has 0 unspecified atom stereocenters. The number of nitrogens with zero attached hydrogens (tertiary/aromatic N) is 1. The second kappa shape index (κ2) is 9.43. The van der Waals surface area contributed by atoms with E-state index < -0.39 is 0 Å². The van der Waals surface area contributed by atoms with Crippen LogP contribution in [0.1, 0.15) is 16.7 Å². The number of hydrogen-bond donors (Lipinski definition) is 0. The third-order valence-electron chi connectivity index (χ3n) is 4.33. The van der Waals surface area contributed by atoms with Gasteiger partial charge in [0.15, 0.2) is 0 Å². The molecule has 3 aromatic rings. The Morgan fingerprint density at radius 1 is 0.654 bits per heavy atom. The molecule has 0 N–H and O–H groups in total. The molecule has 0 saturated carbocycles. The highest BCUT2D eigenvalue weighted by atomic mass is 15.1. The Labute approximate surface area is 156 Å². The standard InChI is InChI=1S/C25H25N/c1-26(21-9-16-23-12-6-3-7-13-23)25-19-17-24(18-20-25)15-8-14-22-10-4-2-5-11-22/h2-14,16-20H,15,21H2,1H3/b14-8+,16-9+. The van der Waals surface area contributed by atoms with Gasteiger partial charge in [0, 0.05) is 19.3 Å². The van der Waals surface area contributed by atoms with Crippen LogP contribution in [0.15, 0.2) is 97.1 Å². The van der Waals surface area contributed by atoms with Crippen molar-refractivity contribution in [2.24, 2.45) is 0 Å². The van der Waals surface area contributed by atoms with Crippen LogP contribution in [0.4, 0.5) is 5.69 Å². The van der Waals surface area contributed by atoms with Gasteiger partial charge in [0.2, 0.25) is 0 Å². The summed E-state index contributed by atoms with van der Waals surface area (Å²) >= 11 is 0. The van der Waals surface area contributed by atoms with Crippen molar-refractivity contribution in [3.05, 3.63) is 114 Å². The number of likely N-dealkylation sites (N-methyl/N-ethyl adjacent to an activating group) is 1. The summed E-state index contributed by atoms with van der Waals surface area (Å²) in [4.78, 5) is 2.25. The van der Waals surface area contributed by atoms with Gasteiger partial charge in [-0.3, -0.25) is 0 Å². The molecular weight excluding hydrogens is 314 g/mol. The van der Waals surface area contributed by atoms with E-state index in [-0.39, 0.29) is 0 Å². The summed E-state index contributed by atoms with van der Waals surface area (Å²) < 4.78 is 0. The summed E-state index contributed by atoms with van der Waals surface area (Å²) in [6, 6.07) is 29.6. The molecule has 0 fully saturated rings. The molecule has 0 aromatic heterocycles. The van der Waals surface area contributed by atoms with Gasteiger partial charge in [-0.1, -0.05) is 97.1 Å². The predicted molar refractivity (Wildman–Crippen MR) is 114 cm³/mol. The normalized spacial score (nSPS) is 11.3. The van der Waals surface area contributed by atoms with Crippen molar-refractivity contribution in [1.82, 2.24) is 0 Å². The van der Waals surface area contributed by atoms with Gasteiger partial charge in [-0.25, -0.2) is 0 Å². The first-order valence-corrected chi connectivity index (χ1v) is 9.04. The summed E-state index contributed by atoms with van der Waals surface area (Å²) in [5.74, 6) is 0. The van der Waals surface area contributed by atoms with Crippen LogP contribution >= 0.6 is 0 Å². The zero-order chi connectivity index (χ0) is 18.0. The van der Waals surface area contributed by atoms with E-state index in [0.717, 1.165) is 13.0 Å². The molecule has 0 bridgehead atoms. The van der Waals surface area contributed by atoms with Gasteiger partial charge in [-0.05, 0) is 35.2 Å². The summed E-state index contributed by atoms with van der Waals surface area (Å²) in [7, 11) is 2.12. The molecule has 0 heterocycles. The Morgan fingerprint density at radius 3 is 1.77 bits per heavy atom. The van der Waals surface area contributed by atoms with Crippen LogP contribution < -0.4 is 4.90 Å². The lowest BCUT2D eigenvalue weighted by atomic mass is 10.1. The SMILES string of the molecule is CN(C/C=C/c1ccccc1)c1ccc(C/C=C/c2ccccc2)cc1. The maximum absolute atomic E-state index is 2.25. The number of allylic oxidation sites excluding steroid dienone is 1. The fraction of sp³-hybridized carbons (Fsp3) is 0.120. The molecule has 0 radical (unpaired) electrons. The van der Waals surface area contributed by atoms with E-state index >= 15 is 0 Å². The Bertz CT molecular complexity index is 830. The summed E-state index contributed by atoms with van der Waals surface area (Å²) in [5.41, 5.74) is 5.04. The molecule has 0 spiro atoms. The molecule has 0 amide bonds. The van der Waals surface area contributed by atoms with Gasteiger partial charge in [0.25, 0.3) is 0 Å². The third kappa shape index (κ3) is 5.49. The van der Waals surface area contributed by atoms with Crippen molar-refractivity contribution in [1.29, 1.82) is 0 Å². The van der Waals surface area contributed by atoms with Gasteiger partial charge in [0.05, 0.1) is 0 Å². The maximum atomic E-state index is 2.25. The molecule has 26 heavy (non-hydrogen) atoms. The highest BCUT2D eigenvalue weighted by Gasteiger charge is 1.98. The number of hydrogen-bond acceptors (Lipinski definition) is 1. The Balaban J connectivity index is 1.52. The molecule has 1 heteroatoms. The van der Waals surface area contributed by atoms with Crippen molar-refractivity contribution in [3.63, 3.8) is 0 Å². The lowest BCUT2D eigenvalue weighted by Crippen LogP contribution is -2.16. The molecule has 0 aliphatic heterocycles. The van der Waals surface area contributed by atoms with Crippen molar-refractivity contribution in [2.45, 2.75) is 6.42 Å². The molecule has 0 aliphatic rings. The Morgan fingerprint density at radius 2 is 1.19 bits per heavy atom. The molecule has 0 atom stereocenters. The summed E-state index contributed by atoms with van der Waals surface area (Å²) in [6.45, 7) is 0.891. The monoisotopic (exact) mass is 339 g/mol. The Hall–Kier alpha value is -3.06. The molecule has 0 aliphatic carbocycles.